The third kappa shape index (κ3) is 5.29. The van der Waals surface area contributed by atoms with Gasteiger partial charge in [-0.15, -0.1) is 0 Å². The predicted molar refractivity (Wildman–Crippen MR) is 137 cm³/mol. The molecule has 1 aromatic heterocycles. The first-order valence-corrected chi connectivity index (χ1v) is 12.6. The van der Waals surface area contributed by atoms with Crippen LogP contribution in [0, 0.1) is 11.7 Å². The molecular formula is C26H31ClFN5O2. The number of nitrogens with zero attached hydrogens (tertiary/aromatic N) is 4. The van der Waals surface area contributed by atoms with Gasteiger partial charge in [0.1, 0.15) is 17.4 Å². The van der Waals surface area contributed by atoms with E-state index in [0.717, 1.165) is 62.8 Å². The van der Waals surface area contributed by atoms with Gasteiger partial charge in [0.2, 0.25) is 5.95 Å². The van der Waals surface area contributed by atoms with Crippen LogP contribution in [0.2, 0.25) is 5.02 Å². The van der Waals surface area contributed by atoms with E-state index in [0.29, 0.717) is 40.2 Å². The molecule has 35 heavy (non-hydrogen) atoms. The van der Waals surface area contributed by atoms with Crippen molar-refractivity contribution < 1.29 is 14.2 Å². The summed E-state index contributed by atoms with van der Waals surface area (Å²) in [6.45, 7) is 4.06. The van der Waals surface area contributed by atoms with Gasteiger partial charge in [-0.1, -0.05) is 11.6 Å². The second kappa shape index (κ2) is 10.5. The van der Waals surface area contributed by atoms with E-state index in [2.05, 4.69) is 15.1 Å². The Morgan fingerprint density at radius 1 is 1.11 bits per heavy atom. The summed E-state index contributed by atoms with van der Waals surface area (Å²) in [6, 6.07) is 10.7. The Balaban J connectivity index is 1.39. The van der Waals surface area contributed by atoms with E-state index in [4.69, 9.17) is 26.3 Å². The molecule has 1 unspecified atom stereocenters. The Morgan fingerprint density at radius 3 is 2.69 bits per heavy atom. The first-order valence-electron chi connectivity index (χ1n) is 12.2. The minimum atomic E-state index is -0.447. The fraction of sp³-hybridized carbons (Fsp3) is 0.462. The summed E-state index contributed by atoms with van der Waals surface area (Å²) >= 11 is 5.93. The maximum Gasteiger partial charge on any atom is 0.227 e. The molecule has 0 bridgehead atoms. The molecule has 0 spiro atoms. The summed E-state index contributed by atoms with van der Waals surface area (Å²) in [4.78, 5) is 14.4. The van der Waals surface area contributed by atoms with Crippen molar-refractivity contribution in [3.8, 4) is 5.75 Å². The molecule has 0 amide bonds. The molecule has 2 aromatic carbocycles. The molecule has 3 heterocycles. The van der Waals surface area contributed by atoms with Crippen molar-refractivity contribution >= 4 is 40.0 Å². The molecule has 2 aliphatic heterocycles. The van der Waals surface area contributed by atoms with Gasteiger partial charge in [0.05, 0.1) is 18.3 Å². The Hall–Kier alpha value is -2.68. The van der Waals surface area contributed by atoms with Crippen LogP contribution in [0.1, 0.15) is 25.7 Å². The zero-order valence-electron chi connectivity index (χ0n) is 19.9. The number of hydrogen-bond acceptors (Lipinski definition) is 7. The number of rotatable bonds is 6. The number of likely N-dealkylation sites (tertiary alicyclic amines) is 1. The van der Waals surface area contributed by atoms with Gasteiger partial charge in [0.25, 0.3) is 0 Å². The van der Waals surface area contributed by atoms with Crippen LogP contribution >= 0.6 is 11.6 Å². The Kier molecular flexibility index (Phi) is 7.22. The number of aliphatic hydroxyl groups is 1. The summed E-state index contributed by atoms with van der Waals surface area (Å²) in [5.74, 6) is 1.78. The average molecular weight is 500 g/mol. The fourth-order valence-electron chi connectivity index (χ4n) is 5.19. The SMILES string of the molecule is COc1ccc2nc(N3CCC(N4CCCC(CO)C4)CC3)nc(Nc3ccc(Cl)cc3F)c2c1. The van der Waals surface area contributed by atoms with Crippen molar-refractivity contribution in [2.24, 2.45) is 5.92 Å². The van der Waals surface area contributed by atoms with Gasteiger partial charge in [-0.3, -0.25) is 4.90 Å². The van der Waals surface area contributed by atoms with Crippen LogP contribution in [-0.2, 0) is 0 Å². The molecule has 0 saturated carbocycles. The third-order valence-corrected chi connectivity index (χ3v) is 7.38. The molecule has 5 rings (SSSR count). The molecule has 0 radical (unpaired) electrons. The quantitative estimate of drug-likeness (QED) is 0.502. The summed E-state index contributed by atoms with van der Waals surface area (Å²) in [7, 11) is 1.61. The molecule has 2 fully saturated rings. The Bertz CT molecular complexity index is 1190. The van der Waals surface area contributed by atoms with Crippen molar-refractivity contribution in [1.29, 1.82) is 0 Å². The van der Waals surface area contributed by atoms with Crippen molar-refractivity contribution in [3.63, 3.8) is 0 Å². The molecule has 186 valence electrons. The number of anilines is 3. The Morgan fingerprint density at radius 2 is 1.94 bits per heavy atom. The lowest BCUT2D eigenvalue weighted by Gasteiger charge is -2.42. The highest BCUT2D eigenvalue weighted by Gasteiger charge is 2.29. The molecule has 2 aliphatic rings. The molecular weight excluding hydrogens is 469 g/mol. The van der Waals surface area contributed by atoms with Gasteiger partial charge in [-0.05, 0) is 74.5 Å². The number of piperidine rings is 2. The summed E-state index contributed by atoms with van der Waals surface area (Å²) in [5.41, 5.74) is 1.06. The molecule has 7 nitrogen and oxygen atoms in total. The summed E-state index contributed by atoms with van der Waals surface area (Å²) in [6.07, 6.45) is 4.32. The highest BCUT2D eigenvalue weighted by atomic mass is 35.5. The number of methoxy groups -OCH3 is 1. The number of hydrogen-bond donors (Lipinski definition) is 2. The van der Waals surface area contributed by atoms with E-state index >= 15 is 0 Å². The van der Waals surface area contributed by atoms with E-state index in [1.807, 2.05) is 18.2 Å². The topological polar surface area (TPSA) is 73.8 Å². The second-order valence-corrected chi connectivity index (χ2v) is 9.84. The summed E-state index contributed by atoms with van der Waals surface area (Å²) in [5, 5.41) is 13.8. The lowest BCUT2D eigenvalue weighted by atomic mass is 9.94. The molecule has 3 aromatic rings. The lowest BCUT2D eigenvalue weighted by Crippen LogP contribution is -2.49. The van der Waals surface area contributed by atoms with E-state index in [-0.39, 0.29) is 6.61 Å². The maximum absolute atomic E-state index is 14.6. The lowest BCUT2D eigenvalue weighted by molar-refractivity contribution is 0.0776. The Labute approximate surface area is 209 Å². The number of halogens is 2. The van der Waals surface area contributed by atoms with E-state index in [1.165, 1.54) is 6.07 Å². The van der Waals surface area contributed by atoms with E-state index in [1.54, 1.807) is 19.2 Å². The number of ether oxygens (including phenoxy) is 1. The molecule has 2 saturated heterocycles. The normalized spacial score (nSPS) is 19.8. The minimum absolute atomic E-state index is 0.273. The van der Waals surface area contributed by atoms with Crippen molar-refractivity contribution in [2.75, 3.05) is 50.1 Å². The zero-order chi connectivity index (χ0) is 24.4. The van der Waals surface area contributed by atoms with Crippen molar-refractivity contribution in [3.05, 3.63) is 47.2 Å². The van der Waals surface area contributed by atoms with Gasteiger partial charge < -0.3 is 20.1 Å². The van der Waals surface area contributed by atoms with Crippen LogP contribution in [0.3, 0.4) is 0 Å². The fourth-order valence-corrected chi connectivity index (χ4v) is 5.35. The van der Waals surface area contributed by atoms with Crippen LogP contribution in [0.15, 0.2) is 36.4 Å². The van der Waals surface area contributed by atoms with Gasteiger partial charge in [-0.2, -0.15) is 4.98 Å². The zero-order valence-corrected chi connectivity index (χ0v) is 20.6. The van der Waals surface area contributed by atoms with Gasteiger partial charge in [-0.25, -0.2) is 9.37 Å². The highest BCUT2D eigenvalue weighted by Crippen LogP contribution is 2.32. The van der Waals surface area contributed by atoms with E-state index in [9.17, 15) is 9.50 Å². The largest absolute Gasteiger partial charge is 0.497 e. The van der Waals surface area contributed by atoms with Gasteiger partial charge in [0, 0.05) is 42.7 Å². The number of nitrogens with one attached hydrogen (secondary N) is 1. The van der Waals surface area contributed by atoms with Gasteiger partial charge >= 0.3 is 0 Å². The van der Waals surface area contributed by atoms with Crippen LogP contribution in [0.4, 0.5) is 21.8 Å². The number of aromatic nitrogens is 2. The predicted octanol–water partition coefficient (Wildman–Crippen LogP) is 4.85. The van der Waals surface area contributed by atoms with Crippen LogP contribution < -0.4 is 15.0 Å². The number of fused-ring (bicyclic) bond motifs is 1. The van der Waals surface area contributed by atoms with Crippen molar-refractivity contribution in [2.45, 2.75) is 31.7 Å². The standard InChI is InChI=1S/C26H31ClFN5O2/c1-35-20-5-7-23-21(14-20)25(29-24-6-4-18(27)13-22(24)28)31-26(30-23)32-11-8-19(9-12-32)33-10-2-3-17(15-33)16-34/h4-7,13-14,17,19,34H,2-3,8-12,15-16H2,1H3,(H,29,30,31). The molecule has 9 heteroatoms. The second-order valence-electron chi connectivity index (χ2n) is 9.41. The maximum atomic E-state index is 14.6. The average Bonchev–Trinajstić information content (AvgIpc) is 2.90. The van der Waals surface area contributed by atoms with Crippen LogP contribution in [0.25, 0.3) is 10.9 Å². The van der Waals surface area contributed by atoms with Crippen LogP contribution in [0.5, 0.6) is 5.75 Å². The molecule has 2 N–H and O–H groups in total. The highest BCUT2D eigenvalue weighted by molar-refractivity contribution is 6.30. The first-order chi connectivity index (χ1) is 17.0. The van der Waals surface area contributed by atoms with Crippen molar-refractivity contribution in [1.82, 2.24) is 14.9 Å². The summed E-state index contributed by atoms with van der Waals surface area (Å²) < 4.78 is 20.0. The van der Waals surface area contributed by atoms with Crippen LogP contribution in [-0.4, -0.2) is 65.9 Å². The number of aliphatic hydroxyl groups excluding tert-OH is 1. The first kappa shape index (κ1) is 24.0. The third-order valence-electron chi connectivity index (χ3n) is 7.15. The van der Waals surface area contributed by atoms with E-state index < -0.39 is 5.82 Å². The molecule has 0 aliphatic carbocycles. The monoisotopic (exact) mass is 499 g/mol. The van der Waals surface area contributed by atoms with Gasteiger partial charge in [0.15, 0.2) is 0 Å². The molecule has 1 atom stereocenters. The smallest absolute Gasteiger partial charge is 0.227 e. The number of benzene rings is 2. The minimum Gasteiger partial charge on any atom is -0.497 e.